The van der Waals surface area contributed by atoms with E-state index in [2.05, 4.69) is 10.2 Å². The second-order valence-electron chi connectivity index (χ2n) is 6.65. The summed E-state index contributed by atoms with van der Waals surface area (Å²) < 4.78 is 16.8. The molecule has 0 aliphatic carbocycles. The number of hydrogen-bond acceptors (Lipinski definition) is 6. The van der Waals surface area contributed by atoms with Crippen LogP contribution in [0, 0.1) is 0 Å². The highest BCUT2D eigenvalue weighted by molar-refractivity contribution is 6.08. The van der Waals surface area contributed by atoms with E-state index in [-0.39, 0.29) is 5.78 Å². The van der Waals surface area contributed by atoms with Gasteiger partial charge in [-0.2, -0.15) is 0 Å². The van der Waals surface area contributed by atoms with Crippen molar-refractivity contribution in [3.63, 3.8) is 0 Å². The molecule has 0 saturated heterocycles. The van der Waals surface area contributed by atoms with Crippen LogP contribution in [-0.2, 0) is 0 Å². The molecule has 0 amide bonds. The Bertz CT molecular complexity index is 1120. The van der Waals surface area contributed by atoms with Crippen molar-refractivity contribution < 1.29 is 18.7 Å². The Morgan fingerprint density at radius 2 is 1.47 bits per heavy atom. The maximum absolute atomic E-state index is 12.5. The standard InChI is InChI=1S/C24H20N2O4/c1-16(23-25-26-24(30-23)19-10-12-20(28-2)13-11-19)29-21-14-8-18(9-15-21)22(27)17-6-4-3-5-7-17/h3-16H,1-2H3/t16-/m1/s1. The summed E-state index contributed by atoms with van der Waals surface area (Å²) in [5.74, 6) is 2.11. The van der Waals surface area contributed by atoms with Crippen LogP contribution < -0.4 is 9.47 Å². The first-order valence-corrected chi connectivity index (χ1v) is 9.48. The molecule has 1 aromatic heterocycles. The van der Waals surface area contributed by atoms with Crippen molar-refractivity contribution >= 4 is 5.78 Å². The molecular formula is C24H20N2O4. The topological polar surface area (TPSA) is 74.5 Å². The number of benzene rings is 3. The Labute approximate surface area is 174 Å². The number of hydrogen-bond donors (Lipinski definition) is 0. The lowest BCUT2D eigenvalue weighted by molar-refractivity contribution is 0.103. The molecule has 0 aliphatic rings. The van der Waals surface area contributed by atoms with Gasteiger partial charge in [0, 0.05) is 16.7 Å². The fraction of sp³-hybridized carbons (Fsp3) is 0.125. The van der Waals surface area contributed by atoms with Crippen LogP contribution in [0.2, 0.25) is 0 Å². The zero-order valence-corrected chi connectivity index (χ0v) is 16.6. The molecule has 1 atom stereocenters. The summed E-state index contributed by atoms with van der Waals surface area (Å²) in [4.78, 5) is 12.5. The third-order valence-corrected chi connectivity index (χ3v) is 4.59. The lowest BCUT2D eigenvalue weighted by atomic mass is 10.0. The fourth-order valence-electron chi connectivity index (χ4n) is 2.94. The maximum Gasteiger partial charge on any atom is 0.257 e. The van der Waals surface area contributed by atoms with E-state index in [0.717, 1.165) is 11.3 Å². The molecule has 4 rings (SSSR count). The zero-order valence-electron chi connectivity index (χ0n) is 16.6. The van der Waals surface area contributed by atoms with Crippen LogP contribution in [0.15, 0.2) is 83.3 Å². The minimum atomic E-state index is -0.444. The third-order valence-electron chi connectivity index (χ3n) is 4.59. The monoisotopic (exact) mass is 400 g/mol. The van der Waals surface area contributed by atoms with Crippen LogP contribution in [0.3, 0.4) is 0 Å². The van der Waals surface area contributed by atoms with E-state index in [4.69, 9.17) is 13.9 Å². The molecule has 1 heterocycles. The van der Waals surface area contributed by atoms with Crippen LogP contribution in [0.25, 0.3) is 11.5 Å². The van der Waals surface area contributed by atoms with E-state index in [1.54, 1.807) is 43.5 Å². The molecule has 0 aliphatic heterocycles. The van der Waals surface area contributed by atoms with E-state index >= 15 is 0 Å². The molecule has 0 saturated carbocycles. The molecular weight excluding hydrogens is 380 g/mol. The predicted molar refractivity (Wildman–Crippen MR) is 112 cm³/mol. The highest BCUT2D eigenvalue weighted by Gasteiger charge is 2.17. The summed E-state index contributed by atoms with van der Waals surface area (Å²) in [7, 11) is 1.61. The molecule has 3 aromatic carbocycles. The number of ether oxygens (including phenoxy) is 2. The number of carbonyl (C=O) groups excluding carboxylic acids is 1. The van der Waals surface area contributed by atoms with Gasteiger partial charge in [-0.25, -0.2) is 0 Å². The lowest BCUT2D eigenvalue weighted by Gasteiger charge is -2.11. The number of ketones is 1. The largest absolute Gasteiger partial charge is 0.497 e. The van der Waals surface area contributed by atoms with Gasteiger partial charge in [0.15, 0.2) is 11.9 Å². The molecule has 30 heavy (non-hydrogen) atoms. The van der Waals surface area contributed by atoms with Gasteiger partial charge in [-0.15, -0.1) is 10.2 Å². The SMILES string of the molecule is COc1ccc(-c2nnc([C@@H](C)Oc3ccc(C(=O)c4ccccc4)cc3)o2)cc1. The lowest BCUT2D eigenvalue weighted by Crippen LogP contribution is -2.04. The van der Waals surface area contributed by atoms with Gasteiger partial charge in [0.05, 0.1) is 7.11 Å². The van der Waals surface area contributed by atoms with Crippen molar-refractivity contribution in [2.24, 2.45) is 0 Å². The Balaban J connectivity index is 1.43. The van der Waals surface area contributed by atoms with Gasteiger partial charge in [0.2, 0.25) is 5.89 Å². The van der Waals surface area contributed by atoms with Crippen molar-refractivity contribution in [3.05, 3.63) is 95.9 Å². The van der Waals surface area contributed by atoms with Crippen molar-refractivity contribution in [1.29, 1.82) is 0 Å². The van der Waals surface area contributed by atoms with E-state index in [1.807, 2.05) is 49.4 Å². The zero-order chi connectivity index (χ0) is 20.9. The number of methoxy groups -OCH3 is 1. The molecule has 0 bridgehead atoms. The highest BCUT2D eigenvalue weighted by atomic mass is 16.5. The van der Waals surface area contributed by atoms with Gasteiger partial charge in [0.25, 0.3) is 5.89 Å². The number of carbonyl (C=O) groups is 1. The molecule has 6 heteroatoms. The fourth-order valence-corrected chi connectivity index (χ4v) is 2.94. The van der Waals surface area contributed by atoms with Crippen LogP contribution in [-0.4, -0.2) is 23.1 Å². The molecule has 0 fully saturated rings. The van der Waals surface area contributed by atoms with Crippen molar-refractivity contribution in [3.8, 4) is 23.0 Å². The molecule has 0 unspecified atom stereocenters. The van der Waals surface area contributed by atoms with Gasteiger partial charge in [-0.05, 0) is 55.5 Å². The summed E-state index contributed by atoms with van der Waals surface area (Å²) in [6.45, 7) is 1.83. The number of rotatable bonds is 7. The molecule has 6 nitrogen and oxygen atoms in total. The Morgan fingerprint density at radius 3 is 2.13 bits per heavy atom. The van der Waals surface area contributed by atoms with Crippen molar-refractivity contribution in [1.82, 2.24) is 10.2 Å². The summed E-state index contributed by atoms with van der Waals surface area (Å²) in [6.07, 6.45) is -0.444. The Morgan fingerprint density at radius 1 is 0.833 bits per heavy atom. The van der Waals surface area contributed by atoms with Gasteiger partial charge in [-0.1, -0.05) is 30.3 Å². The molecule has 0 radical (unpaired) electrons. The van der Waals surface area contributed by atoms with Crippen LogP contribution in [0.5, 0.6) is 11.5 Å². The average Bonchev–Trinajstić information content (AvgIpc) is 3.30. The van der Waals surface area contributed by atoms with Crippen molar-refractivity contribution in [2.45, 2.75) is 13.0 Å². The predicted octanol–water partition coefficient (Wildman–Crippen LogP) is 5.12. The van der Waals surface area contributed by atoms with Crippen LogP contribution in [0.1, 0.15) is 34.8 Å². The van der Waals surface area contributed by atoms with Gasteiger partial charge >= 0.3 is 0 Å². The second-order valence-corrected chi connectivity index (χ2v) is 6.65. The Kier molecular flexibility index (Phi) is 5.57. The summed E-state index contributed by atoms with van der Waals surface area (Å²) in [5.41, 5.74) is 2.04. The minimum absolute atomic E-state index is 0.0313. The maximum atomic E-state index is 12.5. The van der Waals surface area contributed by atoms with Gasteiger partial charge in [0.1, 0.15) is 11.5 Å². The first kappa shape index (κ1) is 19.4. The second kappa shape index (κ2) is 8.61. The summed E-state index contributed by atoms with van der Waals surface area (Å²) >= 11 is 0. The average molecular weight is 400 g/mol. The summed E-state index contributed by atoms with van der Waals surface area (Å²) in [5, 5.41) is 8.18. The Hall–Kier alpha value is -3.93. The normalized spacial score (nSPS) is 11.7. The van der Waals surface area contributed by atoms with Crippen molar-refractivity contribution in [2.75, 3.05) is 7.11 Å². The van der Waals surface area contributed by atoms with E-state index in [0.29, 0.717) is 28.7 Å². The number of nitrogens with zero attached hydrogens (tertiary/aromatic N) is 2. The highest BCUT2D eigenvalue weighted by Crippen LogP contribution is 2.26. The van der Waals surface area contributed by atoms with E-state index in [1.165, 1.54) is 0 Å². The smallest absolute Gasteiger partial charge is 0.257 e. The van der Waals surface area contributed by atoms with Crippen LogP contribution in [0.4, 0.5) is 0 Å². The first-order valence-electron chi connectivity index (χ1n) is 9.48. The molecule has 4 aromatic rings. The van der Waals surface area contributed by atoms with E-state index in [9.17, 15) is 4.79 Å². The molecule has 0 N–H and O–H groups in total. The van der Waals surface area contributed by atoms with Gasteiger partial charge in [-0.3, -0.25) is 4.79 Å². The van der Waals surface area contributed by atoms with Gasteiger partial charge < -0.3 is 13.9 Å². The first-order chi connectivity index (χ1) is 14.6. The minimum Gasteiger partial charge on any atom is -0.497 e. The molecule has 150 valence electrons. The number of aromatic nitrogens is 2. The third kappa shape index (κ3) is 4.22. The van der Waals surface area contributed by atoms with Crippen LogP contribution >= 0.6 is 0 Å². The molecule has 0 spiro atoms. The van der Waals surface area contributed by atoms with E-state index < -0.39 is 6.10 Å². The summed E-state index contributed by atoms with van der Waals surface area (Å²) in [6, 6.07) is 23.5. The quantitative estimate of drug-likeness (QED) is 0.401.